The van der Waals surface area contributed by atoms with Crippen LogP contribution in [0.25, 0.3) is 0 Å². The van der Waals surface area contributed by atoms with E-state index in [4.69, 9.17) is 22.1 Å². The van der Waals surface area contributed by atoms with E-state index in [2.05, 4.69) is 5.32 Å². The fraction of sp³-hybridized carbons (Fsp3) is 0.133. The van der Waals surface area contributed by atoms with Gasteiger partial charge in [-0.1, -0.05) is 17.7 Å². The largest absolute Gasteiger partial charge is 0.493 e. The minimum Gasteiger partial charge on any atom is -0.493 e. The summed E-state index contributed by atoms with van der Waals surface area (Å²) >= 11 is 5.63. The Balaban J connectivity index is 1.80. The van der Waals surface area contributed by atoms with Crippen molar-refractivity contribution in [2.75, 3.05) is 17.7 Å². The van der Waals surface area contributed by atoms with Gasteiger partial charge in [-0.3, -0.25) is 4.79 Å². The minimum absolute atomic E-state index is 0.0169. The maximum Gasteiger partial charge on any atom is 0.227 e. The van der Waals surface area contributed by atoms with Crippen molar-refractivity contribution in [1.82, 2.24) is 0 Å². The first-order chi connectivity index (χ1) is 10.0. The number of amides is 1. The second-order valence-corrected chi connectivity index (χ2v) is 4.76. The predicted octanol–water partition coefficient (Wildman–Crippen LogP) is 3.47. The number of nitrogens with one attached hydrogen (secondary N) is 1. The lowest BCUT2D eigenvalue weighted by Crippen LogP contribution is -2.15. The number of carbonyl (C=O) groups excluding carboxylic acids is 1. The van der Waals surface area contributed by atoms with Crippen LogP contribution in [0.3, 0.4) is 0 Å². The summed E-state index contributed by atoms with van der Waals surface area (Å²) in [5.74, 6) is -0.296. The average Bonchev–Trinajstić information content (AvgIpc) is 2.43. The second-order valence-electron chi connectivity index (χ2n) is 4.35. The number of nitrogen functional groups attached to an aromatic ring is 1. The fourth-order valence-electron chi connectivity index (χ4n) is 1.67. The molecule has 2 aromatic rings. The molecule has 3 N–H and O–H groups in total. The number of halogens is 2. The highest BCUT2D eigenvalue weighted by atomic mass is 35.5. The SMILES string of the molecule is Nc1cccc(NC(=O)CCOc2ccc(F)c(Cl)c2)c1. The van der Waals surface area contributed by atoms with Crippen LogP contribution in [-0.4, -0.2) is 12.5 Å². The zero-order chi connectivity index (χ0) is 15.2. The van der Waals surface area contributed by atoms with Crippen molar-refractivity contribution < 1.29 is 13.9 Å². The molecule has 0 saturated heterocycles. The number of anilines is 2. The topological polar surface area (TPSA) is 64.3 Å². The monoisotopic (exact) mass is 308 g/mol. The molecule has 0 bridgehead atoms. The smallest absolute Gasteiger partial charge is 0.227 e. The van der Waals surface area contributed by atoms with Crippen molar-refractivity contribution >= 4 is 28.9 Å². The molecule has 110 valence electrons. The molecule has 0 radical (unpaired) electrons. The van der Waals surface area contributed by atoms with Gasteiger partial charge < -0.3 is 15.8 Å². The van der Waals surface area contributed by atoms with Gasteiger partial charge in [0.1, 0.15) is 11.6 Å². The first-order valence-corrected chi connectivity index (χ1v) is 6.65. The number of hydrogen-bond acceptors (Lipinski definition) is 3. The lowest BCUT2D eigenvalue weighted by atomic mass is 10.2. The molecule has 0 aliphatic heterocycles. The highest BCUT2D eigenvalue weighted by molar-refractivity contribution is 6.30. The van der Waals surface area contributed by atoms with E-state index in [1.807, 2.05) is 0 Å². The highest BCUT2D eigenvalue weighted by Crippen LogP contribution is 2.21. The van der Waals surface area contributed by atoms with Gasteiger partial charge in [0.2, 0.25) is 5.91 Å². The number of carbonyl (C=O) groups is 1. The van der Waals surface area contributed by atoms with E-state index in [-0.39, 0.29) is 24.0 Å². The average molecular weight is 309 g/mol. The van der Waals surface area contributed by atoms with Gasteiger partial charge in [0, 0.05) is 17.4 Å². The normalized spacial score (nSPS) is 10.2. The van der Waals surface area contributed by atoms with Crippen LogP contribution in [0.1, 0.15) is 6.42 Å². The van der Waals surface area contributed by atoms with Crippen molar-refractivity contribution in [3.63, 3.8) is 0 Å². The molecule has 0 atom stereocenters. The number of hydrogen-bond donors (Lipinski definition) is 2. The Hall–Kier alpha value is -2.27. The van der Waals surface area contributed by atoms with Crippen molar-refractivity contribution in [2.24, 2.45) is 0 Å². The summed E-state index contributed by atoms with van der Waals surface area (Å²) in [5, 5.41) is 2.69. The number of rotatable bonds is 5. The van der Waals surface area contributed by atoms with Crippen LogP contribution in [0.2, 0.25) is 5.02 Å². The summed E-state index contributed by atoms with van der Waals surface area (Å²) in [6, 6.07) is 10.9. The third kappa shape index (κ3) is 4.65. The number of nitrogens with two attached hydrogens (primary N) is 1. The van der Waals surface area contributed by atoms with Gasteiger partial charge in [0.15, 0.2) is 0 Å². The Bertz CT molecular complexity index is 649. The van der Waals surface area contributed by atoms with Crippen molar-refractivity contribution in [3.05, 3.63) is 53.3 Å². The van der Waals surface area contributed by atoms with E-state index >= 15 is 0 Å². The van der Waals surface area contributed by atoms with E-state index in [9.17, 15) is 9.18 Å². The summed E-state index contributed by atoms with van der Waals surface area (Å²) in [7, 11) is 0. The van der Waals surface area contributed by atoms with Gasteiger partial charge in [-0.25, -0.2) is 4.39 Å². The van der Waals surface area contributed by atoms with Crippen molar-refractivity contribution in [2.45, 2.75) is 6.42 Å². The lowest BCUT2D eigenvalue weighted by molar-refractivity contribution is -0.116. The molecule has 1 amide bonds. The van der Waals surface area contributed by atoms with E-state index in [0.29, 0.717) is 17.1 Å². The number of ether oxygens (including phenoxy) is 1. The molecular weight excluding hydrogens is 295 g/mol. The zero-order valence-corrected chi connectivity index (χ0v) is 11.9. The van der Waals surface area contributed by atoms with Gasteiger partial charge >= 0.3 is 0 Å². The first kappa shape index (κ1) is 15.1. The van der Waals surface area contributed by atoms with Crippen LogP contribution in [-0.2, 0) is 4.79 Å². The Labute approximate surface area is 126 Å². The molecule has 2 aromatic carbocycles. The minimum atomic E-state index is -0.511. The van der Waals surface area contributed by atoms with Gasteiger partial charge in [-0.15, -0.1) is 0 Å². The molecule has 6 heteroatoms. The van der Waals surface area contributed by atoms with Crippen molar-refractivity contribution in [3.8, 4) is 5.75 Å². The first-order valence-electron chi connectivity index (χ1n) is 6.28. The van der Waals surface area contributed by atoms with Gasteiger partial charge in [-0.05, 0) is 30.3 Å². The molecule has 0 saturated carbocycles. The Morgan fingerprint density at radius 2 is 2.10 bits per heavy atom. The molecule has 0 fully saturated rings. The van der Waals surface area contributed by atoms with E-state index in [1.54, 1.807) is 24.3 Å². The molecule has 0 unspecified atom stereocenters. The third-order valence-electron chi connectivity index (χ3n) is 2.66. The maximum atomic E-state index is 13.0. The maximum absolute atomic E-state index is 13.0. The predicted molar refractivity (Wildman–Crippen MR) is 81.0 cm³/mol. The zero-order valence-electron chi connectivity index (χ0n) is 11.1. The second kappa shape index (κ2) is 6.95. The molecule has 4 nitrogen and oxygen atoms in total. The van der Waals surface area contributed by atoms with E-state index in [1.165, 1.54) is 18.2 Å². The fourth-order valence-corrected chi connectivity index (χ4v) is 1.84. The van der Waals surface area contributed by atoms with Gasteiger partial charge in [0.05, 0.1) is 18.1 Å². The molecule has 0 aromatic heterocycles. The summed E-state index contributed by atoms with van der Waals surface area (Å²) < 4.78 is 18.3. The van der Waals surface area contributed by atoms with Crippen LogP contribution < -0.4 is 15.8 Å². The standard InChI is InChI=1S/C15H14ClFN2O2/c16-13-9-12(4-5-14(13)17)21-7-6-15(20)19-11-3-1-2-10(18)8-11/h1-5,8-9H,6-7,18H2,(H,19,20). The summed E-state index contributed by atoms with van der Waals surface area (Å²) in [6.07, 6.45) is 0.157. The number of benzene rings is 2. The van der Waals surface area contributed by atoms with Crippen LogP contribution in [0.4, 0.5) is 15.8 Å². The van der Waals surface area contributed by atoms with Crippen LogP contribution in [0, 0.1) is 5.82 Å². The van der Waals surface area contributed by atoms with E-state index in [0.717, 1.165) is 0 Å². The highest BCUT2D eigenvalue weighted by Gasteiger charge is 2.05. The Kier molecular flexibility index (Phi) is 5.00. The quantitative estimate of drug-likeness (QED) is 0.831. The Morgan fingerprint density at radius 1 is 1.29 bits per heavy atom. The van der Waals surface area contributed by atoms with Crippen LogP contribution >= 0.6 is 11.6 Å². The van der Waals surface area contributed by atoms with Crippen LogP contribution in [0.5, 0.6) is 5.75 Å². The molecule has 2 rings (SSSR count). The van der Waals surface area contributed by atoms with Gasteiger partial charge in [-0.2, -0.15) is 0 Å². The summed E-state index contributed by atoms with van der Waals surface area (Å²) in [4.78, 5) is 11.7. The lowest BCUT2D eigenvalue weighted by Gasteiger charge is -2.08. The molecule has 0 spiro atoms. The van der Waals surface area contributed by atoms with E-state index < -0.39 is 5.82 Å². The third-order valence-corrected chi connectivity index (χ3v) is 2.95. The van der Waals surface area contributed by atoms with Crippen molar-refractivity contribution in [1.29, 1.82) is 0 Å². The molecule has 0 aliphatic carbocycles. The molecule has 21 heavy (non-hydrogen) atoms. The van der Waals surface area contributed by atoms with Crippen LogP contribution in [0.15, 0.2) is 42.5 Å². The molecule has 0 aliphatic rings. The van der Waals surface area contributed by atoms with Gasteiger partial charge in [0.25, 0.3) is 0 Å². The summed E-state index contributed by atoms with van der Waals surface area (Å²) in [6.45, 7) is 0.163. The molecule has 0 heterocycles. The Morgan fingerprint density at radius 3 is 2.81 bits per heavy atom. The molecular formula is C15H14ClFN2O2. The summed E-state index contributed by atoms with van der Waals surface area (Å²) in [5.41, 5.74) is 6.82.